The molecule has 0 saturated carbocycles. The highest BCUT2D eigenvalue weighted by Crippen LogP contribution is 2.14. The van der Waals surface area contributed by atoms with E-state index in [1.165, 1.54) is 23.2 Å². The number of hydrogen-bond acceptors (Lipinski definition) is 4. The number of aromatic nitrogens is 5. The van der Waals surface area contributed by atoms with Crippen molar-refractivity contribution in [1.82, 2.24) is 29.6 Å². The van der Waals surface area contributed by atoms with Gasteiger partial charge in [-0.25, -0.2) is 14.1 Å². The number of rotatable bonds is 6. The molecule has 5 rings (SSSR count). The topological polar surface area (TPSA) is 97.6 Å². The molecule has 0 saturated heterocycles. The molecule has 0 atom stereocenters. The van der Waals surface area contributed by atoms with Crippen molar-refractivity contribution in [3.8, 4) is 0 Å². The minimum Gasteiger partial charge on any atom is -0.351 e. The van der Waals surface area contributed by atoms with Gasteiger partial charge in [-0.05, 0) is 18.2 Å². The normalized spacial score (nSPS) is 11.3. The molecule has 0 spiro atoms. The molecular formula is C23H19FN6O2. The van der Waals surface area contributed by atoms with Crippen LogP contribution in [0, 0.1) is 5.82 Å². The average molecular weight is 430 g/mol. The predicted molar refractivity (Wildman–Crippen MR) is 118 cm³/mol. The first kappa shape index (κ1) is 19.7. The van der Waals surface area contributed by atoms with Crippen LogP contribution in [0.25, 0.3) is 21.9 Å². The van der Waals surface area contributed by atoms with Gasteiger partial charge in [0.05, 0.1) is 19.3 Å². The molecule has 0 unspecified atom stereocenters. The summed E-state index contributed by atoms with van der Waals surface area (Å²) < 4.78 is 16.8. The van der Waals surface area contributed by atoms with Gasteiger partial charge in [0, 0.05) is 23.0 Å². The Morgan fingerprint density at radius 3 is 2.78 bits per heavy atom. The smallest absolute Gasteiger partial charge is 0.267 e. The number of H-pyrrole nitrogens is 1. The second kappa shape index (κ2) is 8.10. The van der Waals surface area contributed by atoms with Gasteiger partial charge in [0.2, 0.25) is 0 Å². The summed E-state index contributed by atoms with van der Waals surface area (Å²) in [5, 5.41) is 8.38. The van der Waals surface area contributed by atoms with Gasteiger partial charge >= 0.3 is 0 Å². The van der Waals surface area contributed by atoms with E-state index in [0.717, 1.165) is 10.9 Å². The first-order valence-corrected chi connectivity index (χ1v) is 10.1. The maximum absolute atomic E-state index is 13.9. The minimum atomic E-state index is -0.374. The number of fused-ring (bicyclic) bond motifs is 2. The quantitative estimate of drug-likeness (QED) is 0.433. The van der Waals surface area contributed by atoms with Crippen molar-refractivity contribution < 1.29 is 9.18 Å². The summed E-state index contributed by atoms with van der Waals surface area (Å²) in [6.45, 7) is 0.740. The molecule has 3 heterocycles. The van der Waals surface area contributed by atoms with Crippen LogP contribution in [0.3, 0.4) is 0 Å². The summed E-state index contributed by atoms with van der Waals surface area (Å²) in [4.78, 5) is 32.6. The fraction of sp³-hybridized carbons (Fsp3) is 0.130. The Morgan fingerprint density at radius 2 is 1.94 bits per heavy atom. The van der Waals surface area contributed by atoms with Gasteiger partial charge < -0.3 is 10.3 Å². The van der Waals surface area contributed by atoms with E-state index in [2.05, 4.69) is 20.4 Å². The third-order valence-electron chi connectivity index (χ3n) is 5.30. The summed E-state index contributed by atoms with van der Waals surface area (Å²) in [6.07, 6.45) is 2.83. The van der Waals surface area contributed by atoms with Crippen molar-refractivity contribution in [3.05, 3.63) is 94.5 Å². The van der Waals surface area contributed by atoms with Gasteiger partial charge in [0.15, 0.2) is 5.65 Å². The number of halogens is 1. The van der Waals surface area contributed by atoms with Crippen LogP contribution in [-0.4, -0.2) is 36.8 Å². The fourth-order valence-electron chi connectivity index (χ4n) is 3.65. The maximum Gasteiger partial charge on any atom is 0.267 e. The number of nitrogens with zero attached hydrogens (tertiary/aromatic N) is 4. The van der Waals surface area contributed by atoms with Crippen LogP contribution in [0.1, 0.15) is 16.1 Å². The summed E-state index contributed by atoms with van der Waals surface area (Å²) >= 11 is 0. The van der Waals surface area contributed by atoms with Crippen LogP contribution in [0.15, 0.2) is 71.9 Å². The Balaban J connectivity index is 1.29. The number of nitrogens with one attached hydrogen (secondary N) is 2. The second-order valence-electron chi connectivity index (χ2n) is 7.40. The third-order valence-corrected chi connectivity index (χ3v) is 5.30. The lowest BCUT2D eigenvalue weighted by atomic mass is 10.2. The largest absolute Gasteiger partial charge is 0.351 e. The summed E-state index contributed by atoms with van der Waals surface area (Å²) in [5.74, 6) is -0.598. The molecule has 0 aliphatic rings. The fourth-order valence-corrected chi connectivity index (χ4v) is 3.65. The molecule has 8 nitrogen and oxygen atoms in total. The number of aromatic amines is 1. The molecule has 2 N–H and O–H groups in total. The molecule has 5 aromatic rings. The standard InChI is InChI=1S/C23H19FN6O2/c24-18-7-3-1-6-16(18)13-29-14-26-21-17(23(29)32)12-27-30(21)10-9-25-22(31)20-11-15-5-2-4-8-19(15)28-20/h1-8,11-12,14,28H,9-10,13H2,(H,25,31). The first-order chi connectivity index (χ1) is 15.6. The molecule has 0 bridgehead atoms. The lowest BCUT2D eigenvalue weighted by molar-refractivity contribution is 0.0948. The highest BCUT2D eigenvalue weighted by molar-refractivity contribution is 5.97. The lowest BCUT2D eigenvalue weighted by Gasteiger charge is -2.08. The number of amides is 1. The lowest BCUT2D eigenvalue weighted by Crippen LogP contribution is -2.28. The molecule has 0 fully saturated rings. The van der Waals surface area contributed by atoms with Crippen LogP contribution in [0.4, 0.5) is 4.39 Å². The Bertz CT molecular complexity index is 1470. The van der Waals surface area contributed by atoms with Crippen molar-refractivity contribution in [2.24, 2.45) is 0 Å². The number of para-hydroxylation sites is 1. The Hall–Kier alpha value is -4.27. The molecule has 3 aromatic heterocycles. The van der Waals surface area contributed by atoms with Crippen molar-refractivity contribution >= 4 is 27.8 Å². The SMILES string of the molecule is O=C(NCCn1ncc2c(=O)n(Cc3ccccc3F)cnc21)c1cc2ccccc2[nH]1. The molecule has 9 heteroatoms. The highest BCUT2D eigenvalue weighted by Gasteiger charge is 2.13. The molecule has 2 aromatic carbocycles. The zero-order valence-corrected chi connectivity index (χ0v) is 17.0. The molecule has 0 aliphatic carbocycles. The highest BCUT2D eigenvalue weighted by atomic mass is 19.1. The van der Waals surface area contributed by atoms with E-state index < -0.39 is 0 Å². The molecule has 32 heavy (non-hydrogen) atoms. The zero-order chi connectivity index (χ0) is 22.1. The third kappa shape index (κ3) is 3.64. The Labute approximate surface area is 181 Å². The van der Waals surface area contributed by atoms with E-state index in [1.54, 1.807) is 28.9 Å². The predicted octanol–water partition coefficient (Wildman–Crippen LogP) is 2.69. The van der Waals surface area contributed by atoms with Gasteiger partial charge in [-0.15, -0.1) is 0 Å². The molecule has 1 amide bonds. The van der Waals surface area contributed by atoms with E-state index >= 15 is 0 Å². The number of carbonyl (C=O) groups is 1. The second-order valence-corrected chi connectivity index (χ2v) is 7.40. The summed E-state index contributed by atoms with van der Waals surface area (Å²) in [6, 6.07) is 15.8. The molecule has 160 valence electrons. The molecule has 0 aliphatic heterocycles. The number of hydrogen-bond donors (Lipinski definition) is 2. The van der Waals surface area contributed by atoms with E-state index in [0.29, 0.717) is 35.4 Å². The van der Waals surface area contributed by atoms with Crippen LogP contribution < -0.4 is 10.9 Å². The molecule has 0 radical (unpaired) electrons. The number of benzene rings is 2. The van der Waals surface area contributed by atoms with Gasteiger partial charge in [0.1, 0.15) is 23.2 Å². The van der Waals surface area contributed by atoms with E-state index in [-0.39, 0.29) is 23.8 Å². The van der Waals surface area contributed by atoms with Crippen molar-refractivity contribution in [2.75, 3.05) is 6.54 Å². The number of carbonyl (C=O) groups excluding carboxylic acids is 1. The monoisotopic (exact) mass is 430 g/mol. The van der Waals surface area contributed by atoms with Gasteiger partial charge in [-0.1, -0.05) is 36.4 Å². The van der Waals surface area contributed by atoms with Crippen molar-refractivity contribution in [2.45, 2.75) is 13.1 Å². The van der Waals surface area contributed by atoms with Crippen molar-refractivity contribution in [1.29, 1.82) is 0 Å². The zero-order valence-electron chi connectivity index (χ0n) is 17.0. The van der Waals surface area contributed by atoms with Crippen LogP contribution in [0.2, 0.25) is 0 Å². The van der Waals surface area contributed by atoms with Gasteiger partial charge in [-0.2, -0.15) is 5.10 Å². The van der Waals surface area contributed by atoms with E-state index in [4.69, 9.17) is 0 Å². The molecular weight excluding hydrogens is 411 g/mol. The minimum absolute atomic E-state index is 0.0835. The Morgan fingerprint density at radius 1 is 1.12 bits per heavy atom. The summed E-state index contributed by atoms with van der Waals surface area (Å²) in [5.41, 5.74) is 1.89. The summed E-state index contributed by atoms with van der Waals surface area (Å²) in [7, 11) is 0. The van der Waals surface area contributed by atoms with E-state index in [9.17, 15) is 14.0 Å². The Kier molecular flexibility index (Phi) is 4.98. The van der Waals surface area contributed by atoms with Crippen LogP contribution >= 0.6 is 0 Å². The first-order valence-electron chi connectivity index (χ1n) is 10.1. The van der Waals surface area contributed by atoms with Gasteiger partial charge in [-0.3, -0.25) is 14.2 Å². The van der Waals surface area contributed by atoms with Crippen molar-refractivity contribution in [3.63, 3.8) is 0 Å². The van der Waals surface area contributed by atoms with E-state index in [1.807, 2.05) is 24.3 Å². The van der Waals surface area contributed by atoms with Crippen LogP contribution in [-0.2, 0) is 13.1 Å². The maximum atomic E-state index is 13.9. The van der Waals surface area contributed by atoms with Gasteiger partial charge in [0.25, 0.3) is 11.5 Å². The average Bonchev–Trinajstić information content (AvgIpc) is 3.42. The van der Waals surface area contributed by atoms with Crippen LogP contribution in [0.5, 0.6) is 0 Å².